The van der Waals surface area contributed by atoms with Gasteiger partial charge in [-0.2, -0.15) is 4.99 Å². The molecule has 1 amide bonds. The van der Waals surface area contributed by atoms with E-state index in [0.717, 1.165) is 39.9 Å². The Morgan fingerprint density at radius 3 is 2.60 bits per heavy atom. The zero-order valence-electron chi connectivity index (χ0n) is 22.5. The van der Waals surface area contributed by atoms with Crippen molar-refractivity contribution in [1.82, 2.24) is 9.47 Å². The van der Waals surface area contributed by atoms with Crippen LogP contribution in [0.15, 0.2) is 101 Å². The molecule has 6 rings (SSSR count). The average Bonchev–Trinajstić information content (AvgIpc) is 3.57. The Labute approximate surface area is 238 Å². The number of amides is 1. The average molecular weight is 547 g/mol. The number of ether oxygens (including phenoxy) is 1. The Kier molecular flexibility index (Phi) is 7.13. The van der Waals surface area contributed by atoms with E-state index < -0.39 is 5.91 Å². The van der Waals surface area contributed by atoms with E-state index in [0.29, 0.717) is 24.2 Å². The zero-order chi connectivity index (χ0) is 27.6. The number of hydrogen-bond acceptors (Lipinski definition) is 4. The third-order valence-electron chi connectivity index (χ3n) is 7.46. The smallest absolute Gasteiger partial charge is 0.283 e. The van der Waals surface area contributed by atoms with E-state index in [1.165, 1.54) is 17.3 Å². The monoisotopic (exact) mass is 546 g/mol. The van der Waals surface area contributed by atoms with Gasteiger partial charge in [0.2, 0.25) is 0 Å². The van der Waals surface area contributed by atoms with Crippen LogP contribution in [-0.4, -0.2) is 33.0 Å². The minimum absolute atomic E-state index is 0.136. The van der Waals surface area contributed by atoms with Gasteiger partial charge < -0.3 is 9.30 Å². The molecule has 0 saturated carbocycles. The van der Waals surface area contributed by atoms with Crippen LogP contribution >= 0.6 is 11.8 Å². The summed E-state index contributed by atoms with van der Waals surface area (Å²) in [4.78, 5) is 19.2. The van der Waals surface area contributed by atoms with Crippen molar-refractivity contribution in [2.24, 2.45) is 4.99 Å². The molecule has 2 aliphatic heterocycles. The minimum Gasteiger partial charge on any atom is -0.491 e. The lowest BCUT2D eigenvalue weighted by molar-refractivity contribution is -0.114. The molecule has 4 aromatic rings. The molecule has 0 fully saturated rings. The first-order valence-corrected chi connectivity index (χ1v) is 14.4. The second kappa shape index (κ2) is 11.0. The fourth-order valence-corrected chi connectivity index (χ4v) is 6.03. The number of nitrogens with zero attached hydrogens (tertiary/aromatic N) is 3. The van der Waals surface area contributed by atoms with Gasteiger partial charge in [0.05, 0.1) is 17.8 Å². The summed E-state index contributed by atoms with van der Waals surface area (Å²) in [7, 11) is 0. The lowest BCUT2D eigenvalue weighted by Crippen LogP contribution is -2.38. The minimum atomic E-state index is -0.395. The number of rotatable bonds is 8. The third-order valence-corrected chi connectivity index (χ3v) is 8.28. The lowest BCUT2D eigenvalue weighted by atomic mass is 9.98. The third kappa shape index (κ3) is 4.77. The molecule has 1 N–H and O–H groups in total. The van der Waals surface area contributed by atoms with E-state index in [1.807, 2.05) is 72.3 Å². The number of amidine groups is 2. The Hall–Kier alpha value is -4.36. The Bertz CT molecular complexity index is 1700. The topological polar surface area (TPSA) is 70.7 Å². The van der Waals surface area contributed by atoms with Crippen molar-refractivity contribution in [3.63, 3.8) is 0 Å². The highest BCUT2D eigenvalue weighted by Gasteiger charge is 2.36. The number of carbonyl (C=O) groups excluding carboxylic acids is 1. The first-order chi connectivity index (χ1) is 19.5. The SMILES string of the molecule is CCC(C)c1ccccc1OCCn1cc(C=C2C(=N)N3C(c4ccccc4)=CSC3=NC2=O)c2ccccc21. The summed E-state index contributed by atoms with van der Waals surface area (Å²) in [5, 5.41) is 12.5. The molecule has 40 heavy (non-hydrogen) atoms. The number of aromatic nitrogens is 1. The van der Waals surface area contributed by atoms with Gasteiger partial charge in [-0.05, 0) is 41.7 Å². The molecule has 0 radical (unpaired) electrons. The van der Waals surface area contributed by atoms with Crippen LogP contribution in [0.25, 0.3) is 22.7 Å². The van der Waals surface area contributed by atoms with E-state index in [4.69, 9.17) is 10.1 Å². The fraction of sp³-hybridized carbons (Fsp3) is 0.182. The van der Waals surface area contributed by atoms with Crippen LogP contribution in [0.1, 0.15) is 42.9 Å². The highest BCUT2D eigenvalue weighted by Crippen LogP contribution is 2.38. The van der Waals surface area contributed by atoms with Crippen molar-refractivity contribution < 1.29 is 9.53 Å². The van der Waals surface area contributed by atoms with Gasteiger partial charge >= 0.3 is 0 Å². The van der Waals surface area contributed by atoms with E-state index in [-0.39, 0.29) is 11.4 Å². The maximum Gasteiger partial charge on any atom is 0.283 e. The summed E-state index contributed by atoms with van der Waals surface area (Å²) in [6.45, 7) is 5.57. The molecule has 1 unspecified atom stereocenters. The molecule has 0 aliphatic carbocycles. The van der Waals surface area contributed by atoms with Gasteiger partial charge in [0, 0.05) is 28.1 Å². The molecule has 2 aliphatic rings. The van der Waals surface area contributed by atoms with Gasteiger partial charge in [-0.25, -0.2) is 0 Å². The van der Waals surface area contributed by atoms with E-state index in [1.54, 1.807) is 11.0 Å². The number of fused-ring (bicyclic) bond motifs is 2. The van der Waals surface area contributed by atoms with Crippen molar-refractivity contribution in [2.45, 2.75) is 32.7 Å². The normalized spacial score (nSPS) is 16.8. The Morgan fingerprint density at radius 2 is 1.77 bits per heavy atom. The predicted octanol–water partition coefficient (Wildman–Crippen LogP) is 7.54. The van der Waals surface area contributed by atoms with Crippen molar-refractivity contribution >= 4 is 51.3 Å². The molecule has 1 aromatic heterocycles. The summed E-state index contributed by atoms with van der Waals surface area (Å²) in [6, 6.07) is 26.3. The molecule has 7 heteroatoms. The van der Waals surface area contributed by atoms with Crippen molar-refractivity contribution in [1.29, 1.82) is 5.41 Å². The molecular weight excluding hydrogens is 516 g/mol. The van der Waals surface area contributed by atoms with Crippen LogP contribution in [0.4, 0.5) is 0 Å². The maximum atomic E-state index is 13.1. The number of para-hydroxylation sites is 2. The number of thioether (sulfide) groups is 1. The first kappa shape index (κ1) is 25.9. The van der Waals surface area contributed by atoms with Crippen molar-refractivity contribution in [2.75, 3.05) is 6.61 Å². The Balaban J connectivity index is 1.28. The quantitative estimate of drug-likeness (QED) is 0.232. The van der Waals surface area contributed by atoms with Gasteiger partial charge in [0.25, 0.3) is 5.91 Å². The first-order valence-electron chi connectivity index (χ1n) is 13.5. The van der Waals surface area contributed by atoms with Gasteiger partial charge in [-0.3, -0.25) is 15.1 Å². The van der Waals surface area contributed by atoms with Crippen LogP contribution in [0.5, 0.6) is 5.75 Å². The second-order valence-corrected chi connectivity index (χ2v) is 10.8. The second-order valence-electron chi connectivity index (χ2n) is 9.92. The molecular formula is C33H30N4O2S. The van der Waals surface area contributed by atoms with Crippen molar-refractivity contribution in [3.8, 4) is 5.75 Å². The molecule has 3 aromatic carbocycles. The van der Waals surface area contributed by atoms with E-state index in [2.05, 4.69) is 41.6 Å². The van der Waals surface area contributed by atoms with Crippen LogP contribution in [0.2, 0.25) is 0 Å². The molecule has 0 bridgehead atoms. The number of hydrogen-bond donors (Lipinski definition) is 1. The summed E-state index contributed by atoms with van der Waals surface area (Å²) in [6.07, 6.45) is 4.89. The lowest BCUT2D eigenvalue weighted by Gasteiger charge is -2.26. The molecule has 200 valence electrons. The van der Waals surface area contributed by atoms with Crippen LogP contribution in [-0.2, 0) is 11.3 Å². The Morgan fingerprint density at radius 1 is 1.02 bits per heavy atom. The van der Waals surface area contributed by atoms with Crippen molar-refractivity contribution in [3.05, 3.63) is 113 Å². The fourth-order valence-electron chi connectivity index (χ4n) is 5.14. The highest BCUT2D eigenvalue weighted by molar-refractivity contribution is 8.17. The van der Waals surface area contributed by atoms with Crippen LogP contribution < -0.4 is 4.74 Å². The zero-order valence-corrected chi connectivity index (χ0v) is 23.3. The number of benzene rings is 3. The maximum absolute atomic E-state index is 13.1. The number of aliphatic imine (C=N–C) groups is 1. The van der Waals surface area contributed by atoms with Gasteiger partial charge in [-0.1, -0.05) is 92.3 Å². The summed E-state index contributed by atoms with van der Waals surface area (Å²) in [5.41, 5.74) is 5.25. The van der Waals surface area contributed by atoms with Gasteiger partial charge in [-0.15, -0.1) is 0 Å². The summed E-state index contributed by atoms with van der Waals surface area (Å²) < 4.78 is 8.40. The van der Waals surface area contributed by atoms with Crippen LogP contribution in [0, 0.1) is 5.41 Å². The van der Waals surface area contributed by atoms with E-state index >= 15 is 0 Å². The summed E-state index contributed by atoms with van der Waals surface area (Å²) >= 11 is 1.37. The largest absolute Gasteiger partial charge is 0.491 e. The standard InChI is InChI=1S/C33H30N4O2S/c1-3-22(2)25-13-8-10-16-30(25)39-18-17-36-20-24(26-14-7-9-15-28(26)36)19-27-31(34)37-29(23-11-5-4-6-12-23)21-40-33(37)35-32(27)38/h4-16,19-22,34H,3,17-18H2,1-2H3. The molecule has 6 nitrogen and oxygen atoms in total. The molecule has 1 atom stereocenters. The molecule has 0 saturated heterocycles. The number of nitrogens with one attached hydrogen (secondary N) is 1. The molecule has 3 heterocycles. The summed E-state index contributed by atoms with van der Waals surface area (Å²) in [5.74, 6) is 1.10. The number of carbonyl (C=O) groups is 1. The van der Waals surface area contributed by atoms with Gasteiger partial charge in [0.1, 0.15) is 18.2 Å². The predicted molar refractivity (Wildman–Crippen MR) is 165 cm³/mol. The van der Waals surface area contributed by atoms with Crippen LogP contribution in [0.3, 0.4) is 0 Å². The highest BCUT2D eigenvalue weighted by atomic mass is 32.2. The van der Waals surface area contributed by atoms with E-state index in [9.17, 15) is 4.79 Å². The van der Waals surface area contributed by atoms with Gasteiger partial charge in [0.15, 0.2) is 5.17 Å². The molecule has 0 spiro atoms.